The molecule has 0 unspecified atom stereocenters. The Labute approximate surface area is 171 Å². The number of anilines is 3. The summed E-state index contributed by atoms with van der Waals surface area (Å²) in [6.45, 7) is 8.63. The Balaban J connectivity index is 1.79. The average molecular weight is 390 g/mol. The normalized spacial score (nSPS) is 10.7. The van der Waals surface area contributed by atoms with Gasteiger partial charge in [0.1, 0.15) is 11.4 Å². The van der Waals surface area contributed by atoms with Gasteiger partial charge in [0, 0.05) is 17.1 Å². The number of carbonyl (C=O) groups is 1. The predicted octanol–water partition coefficient (Wildman–Crippen LogP) is 5.30. The molecule has 6 heteroatoms. The number of ether oxygens (including phenoxy) is 1. The zero-order chi connectivity index (χ0) is 20.8. The number of aryl methyl sites for hydroxylation is 1. The molecule has 150 valence electrons. The van der Waals surface area contributed by atoms with E-state index in [1.54, 1.807) is 18.2 Å². The molecule has 0 aliphatic heterocycles. The van der Waals surface area contributed by atoms with Gasteiger partial charge >= 0.3 is 0 Å². The van der Waals surface area contributed by atoms with Gasteiger partial charge in [-0.2, -0.15) is 0 Å². The van der Waals surface area contributed by atoms with Crippen LogP contribution in [0.2, 0.25) is 0 Å². The summed E-state index contributed by atoms with van der Waals surface area (Å²) in [5.41, 5.74) is 3.79. The van der Waals surface area contributed by atoms with Crippen LogP contribution in [-0.4, -0.2) is 22.5 Å². The third-order valence-corrected chi connectivity index (χ3v) is 4.34. The van der Waals surface area contributed by atoms with Crippen molar-refractivity contribution in [2.45, 2.75) is 33.6 Å². The first-order chi connectivity index (χ1) is 14.0. The maximum Gasteiger partial charge on any atom is 0.274 e. The summed E-state index contributed by atoms with van der Waals surface area (Å²) in [6.07, 6.45) is 0. The molecular formula is C23H26N4O2. The number of aromatic nitrogens is 2. The molecule has 1 amide bonds. The molecule has 0 aliphatic carbocycles. The van der Waals surface area contributed by atoms with Crippen molar-refractivity contribution in [3.8, 4) is 5.75 Å². The van der Waals surface area contributed by atoms with Gasteiger partial charge in [-0.1, -0.05) is 32.0 Å². The van der Waals surface area contributed by atoms with Crippen molar-refractivity contribution in [3.05, 3.63) is 71.5 Å². The Morgan fingerprint density at radius 2 is 1.79 bits per heavy atom. The average Bonchev–Trinajstić information content (AvgIpc) is 2.69. The van der Waals surface area contributed by atoms with Crippen LogP contribution in [0.1, 0.15) is 48.4 Å². The second kappa shape index (κ2) is 9.19. The minimum atomic E-state index is -0.292. The van der Waals surface area contributed by atoms with Crippen LogP contribution in [0, 0.1) is 6.92 Å². The van der Waals surface area contributed by atoms with Crippen LogP contribution in [0.4, 0.5) is 17.3 Å². The Morgan fingerprint density at radius 3 is 2.48 bits per heavy atom. The van der Waals surface area contributed by atoms with E-state index in [4.69, 9.17) is 4.74 Å². The van der Waals surface area contributed by atoms with Crippen molar-refractivity contribution < 1.29 is 9.53 Å². The van der Waals surface area contributed by atoms with Crippen molar-refractivity contribution in [2.24, 2.45) is 0 Å². The number of hydrogen-bond acceptors (Lipinski definition) is 5. The number of hydrogen-bond donors (Lipinski definition) is 2. The van der Waals surface area contributed by atoms with Gasteiger partial charge in [0.15, 0.2) is 0 Å². The quantitative estimate of drug-likeness (QED) is 0.572. The summed E-state index contributed by atoms with van der Waals surface area (Å²) in [7, 11) is 0. The maximum atomic E-state index is 12.7. The van der Waals surface area contributed by atoms with Crippen LogP contribution in [0.15, 0.2) is 54.6 Å². The first-order valence-corrected chi connectivity index (χ1v) is 9.72. The van der Waals surface area contributed by atoms with E-state index in [9.17, 15) is 4.79 Å². The van der Waals surface area contributed by atoms with Crippen molar-refractivity contribution in [1.82, 2.24) is 9.97 Å². The summed E-state index contributed by atoms with van der Waals surface area (Å²) in [5.74, 6) is 1.22. The summed E-state index contributed by atoms with van der Waals surface area (Å²) >= 11 is 0. The molecule has 0 saturated carbocycles. The third kappa shape index (κ3) is 5.31. The van der Waals surface area contributed by atoms with Gasteiger partial charge in [-0.3, -0.25) is 4.79 Å². The molecule has 0 saturated heterocycles. The summed E-state index contributed by atoms with van der Waals surface area (Å²) in [4.78, 5) is 21.5. The SMILES string of the molecule is CCOc1ccc(NC(=O)c2cc(C)nc(Nc3ccccc3C(C)C)n2)cc1. The Hall–Kier alpha value is -3.41. The summed E-state index contributed by atoms with van der Waals surface area (Å²) in [5, 5.41) is 6.12. The number of para-hydroxylation sites is 1. The highest BCUT2D eigenvalue weighted by Gasteiger charge is 2.13. The highest BCUT2D eigenvalue weighted by Crippen LogP contribution is 2.26. The van der Waals surface area contributed by atoms with E-state index >= 15 is 0 Å². The molecular weight excluding hydrogens is 364 g/mol. The maximum absolute atomic E-state index is 12.7. The fourth-order valence-electron chi connectivity index (χ4n) is 2.97. The standard InChI is InChI=1S/C23H26N4O2/c1-5-29-18-12-10-17(11-13-18)25-22(28)21-14-16(4)24-23(27-21)26-20-9-7-6-8-19(20)15(2)3/h6-15H,5H2,1-4H3,(H,25,28)(H,24,26,27). The first kappa shape index (κ1) is 20.3. The molecule has 6 nitrogen and oxygen atoms in total. The van der Waals surface area contributed by atoms with Crippen LogP contribution >= 0.6 is 0 Å². The molecule has 3 rings (SSSR count). The molecule has 1 heterocycles. The fourth-order valence-corrected chi connectivity index (χ4v) is 2.97. The van der Waals surface area contributed by atoms with Gasteiger partial charge in [-0.15, -0.1) is 0 Å². The lowest BCUT2D eigenvalue weighted by atomic mass is 10.0. The zero-order valence-electron chi connectivity index (χ0n) is 17.2. The van der Waals surface area contributed by atoms with Crippen LogP contribution in [-0.2, 0) is 0 Å². The minimum Gasteiger partial charge on any atom is -0.494 e. The number of nitrogens with one attached hydrogen (secondary N) is 2. The van der Waals surface area contributed by atoms with Crippen LogP contribution < -0.4 is 15.4 Å². The molecule has 2 aromatic carbocycles. The fraction of sp³-hybridized carbons (Fsp3) is 0.261. The minimum absolute atomic E-state index is 0.292. The van der Waals surface area contributed by atoms with E-state index < -0.39 is 0 Å². The van der Waals surface area contributed by atoms with Gasteiger partial charge in [0.05, 0.1) is 6.61 Å². The van der Waals surface area contributed by atoms with E-state index in [0.717, 1.165) is 17.0 Å². The van der Waals surface area contributed by atoms with Gasteiger partial charge in [0.25, 0.3) is 5.91 Å². The van der Waals surface area contributed by atoms with Crippen molar-refractivity contribution in [2.75, 3.05) is 17.2 Å². The lowest BCUT2D eigenvalue weighted by Crippen LogP contribution is -2.15. The summed E-state index contributed by atoms with van der Waals surface area (Å²) in [6, 6.07) is 16.9. The Kier molecular flexibility index (Phi) is 6.44. The number of carbonyl (C=O) groups excluding carboxylic acids is 1. The lowest BCUT2D eigenvalue weighted by Gasteiger charge is -2.14. The molecule has 3 aromatic rings. The molecule has 2 N–H and O–H groups in total. The first-order valence-electron chi connectivity index (χ1n) is 9.72. The highest BCUT2D eigenvalue weighted by molar-refractivity contribution is 6.03. The largest absolute Gasteiger partial charge is 0.494 e. The smallest absolute Gasteiger partial charge is 0.274 e. The molecule has 0 aliphatic rings. The molecule has 0 atom stereocenters. The van der Waals surface area contributed by atoms with Crippen LogP contribution in [0.3, 0.4) is 0 Å². The van der Waals surface area contributed by atoms with E-state index in [1.165, 1.54) is 0 Å². The van der Waals surface area contributed by atoms with Gasteiger partial charge in [-0.25, -0.2) is 9.97 Å². The molecule has 0 bridgehead atoms. The van der Waals surface area contributed by atoms with Crippen molar-refractivity contribution in [1.29, 1.82) is 0 Å². The molecule has 0 spiro atoms. The second-order valence-electron chi connectivity index (χ2n) is 7.00. The number of amides is 1. The third-order valence-electron chi connectivity index (χ3n) is 4.34. The van der Waals surface area contributed by atoms with Crippen molar-refractivity contribution in [3.63, 3.8) is 0 Å². The number of rotatable bonds is 7. The van der Waals surface area contributed by atoms with Crippen LogP contribution in [0.25, 0.3) is 0 Å². The van der Waals surface area contributed by atoms with E-state index in [0.29, 0.717) is 35.5 Å². The van der Waals surface area contributed by atoms with Crippen molar-refractivity contribution >= 4 is 23.2 Å². The highest BCUT2D eigenvalue weighted by atomic mass is 16.5. The molecule has 1 aromatic heterocycles. The monoisotopic (exact) mass is 390 g/mol. The topological polar surface area (TPSA) is 76.1 Å². The van der Waals surface area contributed by atoms with Gasteiger partial charge in [0.2, 0.25) is 5.95 Å². The van der Waals surface area contributed by atoms with E-state index in [2.05, 4.69) is 40.5 Å². The van der Waals surface area contributed by atoms with Gasteiger partial charge in [-0.05, 0) is 61.7 Å². The summed E-state index contributed by atoms with van der Waals surface area (Å²) < 4.78 is 5.42. The Morgan fingerprint density at radius 1 is 1.07 bits per heavy atom. The predicted molar refractivity (Wildman–Crippen MR) is 116 cm³/mol. The molecule has 0 radical (unpaired) electrons. The molecule has 0 fully saturated rings. The number of nitrogens with zero attached hydrogens (tertiary/aromatic N) is 2. The van der Waals surface area contributed by atoms with Gasteiger partial charge < -0.3 is 15.4 Å². The number of benzene rings is 2. The lowest BCUT2D eigenvalue weighted by molar-refractivity contribution is 0.102. The second-order valence-corrected chi connectivity index (χ2v) is 7.00. The van der Waals surface area contributed by atoms with Crippen LogP contribution in [0.5, 0.6) is 5.75 Å². The van der Waals surface area contributed by atoms with E-state index in [-0.39, 0.29) is 5.91 Å². The van der Waals surface area contributed by atoms with E-state index in [1.807, 2.05) is 44.2 Å². The molecule has 29 heavy (non-hydrogen) atoms. The Bertz CT molecular complexity index is 984. The zero-order valence-corrected chi connectivity index (χ0v) is 17.2.